The standard InChI is InChI=1S/C12H14BrClO3/c1-15-7-3-4-10(8(13)5-7)17-11-6-9(14)12(11)16-2/h3-5,9,11-12H,6H2,1-2H3. The lowest BCUT2D eigenvalue weighted by atomic mass is 9.91. The molecule has 3 nitrogen and oxygen atoms in total. The molecule has 0 aliphatic heterocycles. The van der Waals surface area contributed by atoms with Gasteiger partial charge in [-0.1, -0.05) is 0 Å². The number of methoxy groups -OCH3 is 2. The predicted octanol–water partition coefficient (Wildman–Crippen LogP) is 3.23. The summed E-state index contributed by atoms with van der Waals surface area (Å²) >= 11 is 9.47. The molecule has 5 heteroatoms. The van der Waals surface area contributed by atoms with Gasteiger partial charge in [0.25, 0.3) is 0 Å². The second kappa shape index (κ2) is 5.46. The third kappa shape index (κ3) is 2.69. The molecule has 3 unspecified atom stereocenters. The molecule has 1 fully saturated rings. The Morgan fingerprint density at radius 2 is 2.12 bits per heavy atom. The summed E-state index contributed by atoms with van der Waals surface area (Å²) in [5, 5.41) is 0.0435. The van der Waals surface area contributed by atoms with Gasteiger partial charge in [-0.2, -0.15) is 0 Å². The minimum Gasteiger partial charge on any atom is -0.497 e. The van der Waals surface area contributed by atoms with Crippen LogP contribution in [0.1, 0.15) is 6.42 Å². The van der Waals surface area contributed by atoms with Crippen molar-refractivity contribution >= 4 is 27.5 Å². The number of rotatable bonds is 4. The highest BCUT2D eigenvalue weighted by molar-refractivity contribution is 9.10. The zero-order valence-corrected chi connectivity index (χ0v) is 12.0. The number of halogens is 2. The molecule has 0 heterocycles. The van der Waals surface area contributed by atoms with Crippen molar-refractivity contribution in [3.05, 3.63) is 22.7 Å². The lowest BCUT2D eigenvalue weighted by Crippen LogP contribution is -2.52. The fraction of sp³-hybridized carbons (Fsp3) is 0.500. The molecule has 0 spiro atoms. The van der Waals surface area contributed by atoms with Gasteiger partial charge in [-0.05, 0) is 34.1 Å². The minimum atomic E-state index is -0.0364. The molecular weight excluding hydrogens is 307 g/mol. The Morgan fingerprint density at radius 3 is 2.65 bits per heavy atom. The Balaban J connectivity index is 2.04. The van der Waals surface area contributed by atoms with Crippen LogP contribution >= 0.6 is 27.5 Å². The van der Waals surface area contributed by atoms with Crippen LogP contribution in [0.25, 0.3) is 0 Å². The molecule has 0 aromatic heterocycles. The Hall–Kier alpha value is -0.450. The number of benzene rings is 1. The van der Waals surface area contributed by atoms with E-state index in [0.29, 0.717) is 0 Å². The van der Waals surface area contributed by atoms with E-state index < -0.39 is 0 Å². The van der Waals surface area contributed by atoms with E-state index in [0.717, 1.165) is 22.4 Å². The van der Waals surface area contributed by atoms with Crippen LogP contribution in [0.3, 0.4) is 0 Å². The van der Waals surface area contributed by atoms with Crippen LogP contribution in [0.4, 0.5) is 0 Å². The van der Waals surface area contributed by atoms with E-state index in [1.54, 1.807) is 14.2 Å². The molecule has 0 radical (unpaired) electrons. The first-order chi connectivity index (χ1) is 8.15. The van der Waals surface area contributed by atoms with Crippen molar-refractivity contribution in [3.63, 3.8) is 0 Å². The van der Waals surface area contributed by atoms with Crippen molar-refractivity contribution in [2.24, 2.45) is 0 Å². The first-order valence-electron chi connectivity index (χ1n) is 5.32. The van der Waals surface area contributed by atoms with Gasteiger partial charge in [0.15, 0.2) is 0 Å². The average Bonchev–Trinajstić information content (AvgIpc) is 2.31. The van der Waals surface area contributed by atoms with Crippen LogP contribution < -0.4 is 9.47 Å². The highest BCUT2D eigenvalue weighted by atomic mass is 79.9. The molecule has 1 aliphatic rings. The van der Waals surface area contributed by atoms with Gasteiger partial charge in [-0.3, -0.25) is 0 Å². The zero-order chi connectivity index (χ0) is 12.4. The van der Waals surface area contributed by atoms with E-state index in [1.165, 1.54) is 0 Å². The van der Waals surface area contributed by atoms with Crippen LogP contribution in [0.5, 0.6) is 11.5 Å². The fourth-order valence-electron chi connectivity index (χ4n) is 1.81. The van der Waals surface area contributed by atoms with Gasteiger partial charge in [-0.15, -0.1) is 11.6 Å². The molecule has 0 saturated heterocycles. The summed E-state index contributed by atoms with van der Waals surface area (Å²) in [6.07, 6.45) is 0.788. The Bertz CT molecular complexity index is 399. The molecule has 1 aromatic rings. The van der Waals surface area contributed by atoms with Gasteiger partial charge in [0.1, 0.15) is 23.7 Å². The molecule has 94 valence electrons. The summed E-state index contributed by atoms with van der Waals surface area (Å²) in [7, 11) is 3.28. The second-order valence-electron chi connectivity index (χ2n) is 3.90. The summed E-state index contributed by atoms with van der Waals surface area (Å²) in [5.74, 6) is 1.57. The largest absolute Gasteiger partial charge is 0.497 e. The highest BCUT2D eigenvalue weighted by Gasteiger charge is 2.42. The van der Waals surface area contributed by atoms with E-state index in [-0.39, 0.29) is 17.6 Å². The summed E-state index contributed by atoms with van der Waals surface area (Å²) in [6.45, 7) is 0. The van der Waals surface area contributed by atoms with Gasteiger partial charge in [0, 0.05) is 13.5 Å². The molecule has 3 atom stereocenters. The zero-order valence-electron chi connectivity index (χ0n) is 9.65. The van der Waals surface area contributed by atoms with Crippen molar-refractivity contribution in [2.75, 3.05) is 14.2 Å². The van der Waals surface area contributed by atoms with Gasteiger partial charge in [-0.25, -0.2) is 0 Å². The van der Waals surface area contributed by atoms with Crippen LogP contribution in [0.2, 0.25) is 0 Å². The Morgan fingerprint density at radius 1 is 1.35 bits per heavy atom. The smallest absolute Gasteiger partial charge is 0.134 e. The molecule has 0 amide bonds. The molecule has 17 heavy (non-hydrogen) atoms. The first-order valence-corrected chi connectivity index (χ1v) is 6.55. The predicted molar refractivity (Wildman–Crippen MR) is 70.2 cm³/mol. The fourth-order valence-corrected chi connectivity index (χ4v) is 2.70. The maximum Gasteiger partial charge on any atom is 0.134 e. The normalized spacial score (nSPS) is 27.4. The van der Waals surface area contributed by atoms with Crippen molar-refractivity contribution in [1.29, 1.82) is 0 Å². The molecule has 0 N–H and O–H groups in total. The molecule has 1 aliphatic carbocycles. The lowest BCUT2D eigenvalue weighted by Gasteiger charge is -2.39. The quantitative estimate of drug-likeness (QED) is 0.797. The Labute approximate surface area is 114 Å². The van der Waals surface area contributed by atoms with Crippen LogP contribution in [0, 0.1) is 0 Å². The van der Waals surface area contributed by atoms with Crippen LogP contribution in [0.15, 0.2) is 22.7 Å². The Kier molecular flexibility index (Phi) is 4.17. The summed E-state index contributed by atoms with van der Waals surface area (Å²) in [5.41, 5.74) is 0. The monoisotopic (exact) mass is 320 g/mol. The molecule has 2 rings (SSSR count). The number of ether oxygens (including phenoxy) is 3. The second-order valence-corrected chi connectivity index (χ2v) is 5.32. The van der Waals surface area contributed by atoms with Crippen LogP contribution in [-0.4, -0.2) is 31.8 Å². The van der Waals surface area contributed by atoms with Crippen LogP contribution in [-0.2, 0) is 4.74 Å². The molecule has 1 saturated carbocycles. The van der Waals surface area contributed by atoms with Crippen molar-refractivity contribution < 1.29 is 14.2 Å². The maximum absolute atomic E-state index is 6.03. The first kappa shape index (κ1) is 13.0. The summed E-state index contributed by atoms with van der Waals surface area (Å²) in [4.78, 5) is 0. The number of alkyl halides is 1. The SMILES string of the molecule is COc1ccc(OC2CC(Cl)C2OC)c(Br)c1. The van der Waals surface area contributed by atoms with Gasteiger partial charge in [0.2, 0.25) is 0 Å². The number of hydrogen-bond acceptors (Lipinski definition) is 3. The summed E-state index contributed by atoms with van der Waals surface area (Å²) in [6, 6.07) is 5.60. The number of hydrogen-bond donors (Lipinski definition) is 0. The maximum atomic E-state index is 6.03. The van der Waals surface area contributed by atoms with E-state index in [2.05, 4.69) is 15.9 Å². The minimum absolute atomic E-state index is 0.0206. The molecule has 0 bridgehead atoms. The molecular formula is C12H14BrClO3. The van der Waals surface area contributed by atoms with Gasteiger partial charge in [0.05, 0.1) is 17.0 Å². The highest BCUT2D eigenvalue weighted by Crippen LogP contribution is 2.36. The van der Waals surface area contributed by atoms with Gasteiger partial charge >= 0.3 is 0 Å². The van der Waals surface area contributed by atoms with Gasteiger partial charge < -0.3 is 14.2 Å². The topological polar surface area (TPSA) is 27.7 Å². The average molecular weight is 322 g/mol. The van der Waals surface area contributed by atoms with Crippen molar-refractivity contribution in [2.45, 2.75) is 24.0 Å². The summed E-state index contributed by atoms with van der Waals surface area (Å²) < 4.78 is 17.1. The molecule has 1 aromatic carbocycles. The van der Waals surface area contributed by atoms with Crippen molar-refractivity contribution in [1.82, 2.24) is 0 Å². The third-order valence-electron chi connectivity index (χ3n) is 2.87. The van der Waals surface area contributed by atoms with E-state index in [4.69, 9.17) is 25.8 Å². The third-order valence-corrected chi connectivity index (χ3v) is 3.92. The van der Waals surface area contributed by atoms with E-state index in [9.17, 15) is 0 Å². The van der Waals surface area contributed by atoms with E-state index in [1.807, 2.05) is 18.2 Å². The van der Waals surface area contributed by atoms with Crippen molar-refractivity contribution in [3.8, 4) is 11.5 Å². The lowest BCUT2D eigenvalue weighted by molar-refractivity contribution is -0.0586. The van der Waals surface area contributed by atoms with E-state index >= 15 is 0 Å².